The Morgan fingerprint density at radius 1 is 1.30 bits per heavy atom. The van der Waals surface area contributed by atoms with Crippen molar-refractivity contribution >= 4 is 39.1 Å². The minimum Gasteiger partial charge on any atom is -0.491 e. The van der Waals surface area contributed by atoms with Crippen molar-refractivity contribution in [3.05, 3.63) is 57.8 Å². The normalized spacial score (nSPS) is 15.7. The summed E-state index contributed by atoms with van der Waals surface area (Å²) in [6, 6.07) is 9.53. The Labute approximate surface area is 183 Å². The molecule has 0 bridgehead atoms. The molecule has 1 amide bonds. The summed E-state index contributed by atoms with van der Waals surface area (Å²) in [5.74, 6) is -0.955. The number of hydrogen-bond acceptors (Lipinski definition) is 5. The van der Waals surface area contributed by atoms with E-state index >= 15 is 0 Å². The standard InChI is InChI=1S/C19H16Cl2FN3O4S/c1-12(26)24-19(11-29-15-4-2-13(8-23)17(22)7-15)9-25(10-19)30(27,28)18-5-3-14(20)6-16(18)21/h2-7H,9-11H2,1H3,(H,24,26). The zero-order valence-electron chi connectivity index (χ0n) is 15.7. The lowest BCUT2D eigenvalue weighted by Gasteiger charge is -2.48. The Balaban J connectivity index is 1.76. The number of hydrogen-bond donors (Lipinski definition) is 1. The molecule has 2 aromatic rings. The second-order valence-corrected chi connectivity index (χ2v) is 9.60. The molecular formula is C19H16Cl2FN3O4S. The number of nitrogens with one attached hydrogen (secondary N) is 1. The van der Waals surface area contributed by atoms with Gasteiger partial charge in [0, 0.05) is 31.1 Å². The fraction of sp³-hybridized carbons (Fsp3) is 0.263. The van der Waals surface area contributed by atoms with E-state index in [1.54, 1.807) is 6.07 Å². The molecule has 158 valence electrons. The van der Waals surface area contributed by atoms with Crippen LogP contribution in [0.2, 0.25) is 10.0 Å². The van der Waals surface area contributed by atoms with Crippen molar-refractivity contribution in [1.82, 2.24) is 9.62 Å². The molecule has 0 aromatic heterocycles. The predicted octanol–water partition coefficient (Wildman–Crippen LogP) is 2.96. The molecule has 2 aromatic carbocycles. The number of halogens is 3. The lowest BCUT2D eigenvalue weighted by atomic mass is 9.93. The summed E-state index contributed by atoms with van der Waals surface area (Å²) in [6.07, 6.45) is 0. The number of carbonyl (C=O) groups excluding carboxylic acids is 1. The van der Waals surface area contributed by atoms with E-state index in [1.165, 1.54) is 37.3 Å². The van der Waals surface area contributed by atoms with Crippen molar-refractivity contribution in [3.63, 3.8) is 0 Å². The maximum absolute atomic E-state index is 13.8. The molecule has 1 heterocycles. The molecule has 0 atom stereocenters. The summed E-state index contributed by atoms with van der Waals surface area (Å²) in [6.45, 7) is 1.08. The number of benzene rings is 2. The lowest BCUT2D eigenvalue weighted by molar-refractivity contribution is -0.123. The van der Waals surface area contributed by atoms with E-state index < -0.39 is 21.4 Å². The van der Waals surface area contributed by atoms with Crippen LogP contribution in [-0.4, -0.2) is 43.9 Å². The van der Waals surface area contributed by atoms with Crippen LogP contribution in [0.3, 0.4) is 0 Å². The van der Waals surface area contributed by atoms with Gasteiger partial charge in [0.15, 0.2) is 0 Å². The molecule has 1 aliphatic rings. The predicted molar refractivity (Wildman–Crippen MR) is 108 cm³/mol. The Morgan fingerprint density at radius 3 is 2.57 bits per heavy atom. The molecule has 0 unspecified atom stereocenters. The van der Waals surface area contributed by atoms with E-state index in [-0.39, 0.29) is 46.8 Å². The van der Waals surface area contributed by atoms with Gasteiger partial charge in [0.2, 0.25) is 15.9 Å². The molecule has 30 heavy (non-hydrogen) atoms. The smallest absolute Gasteiger partial charge is 0.244 e. The maximum atomic E-state index is 13.8. The van der Waals surface area contributed by atoms with E-state index in [4.69, 9.17) is 33.2 Å². The lowest BCUT2D eigenvalue weighted by Crippen LogP contribution is -2.73. The van der Waals surface area contributed by atoms with Crippen molar-refractivity contribution in [2.24, 2.45) is 0 Å². The van der Waals surface area contributed by atoms with Crippen LogP contribution in [0.25, 0.3) is 0 Å². The second-order valence-electron chi connectivity index (χ2n) is 6.85. The number of carbonyl (C=O) groups is 1. The van der Waals surface area contributed by atoms with Crippen molar-refractivity contribution in [1.29, 1.82) is 5.26 Å². The van der Waals surface area contributed by atoms with E-state index in [0.717, 1.165) is 10.4 Å². The summed E-state index contributed by atoms with van der Waals surface area (Å²) in [5, 5.41) is 11.8. The summed E-state index contributed by atoms with van der Waals surface area (Å²) in [5.41, 5.74) is -1.12. The summed E-state index contributed by atoms with van der Waals surface area (Å²) < 4.78 is 46.2. The van der Waals surface area contributed by atoms with E-state index in [0.29, 0.717) is 5.02 Å². The van der Waals surface area contributed by atoms with Gasteiger partial charge in [0.1, 0.15) is 34.7 Å². The molecule has 1 saturated heterocycles. The average Bonchev–Trinajstić information content (AvgIpc) is 2.62. The Bertz CT molecular complexity index is 1140. The topological polar surface area (TPSA) is 99.5 Å². The van der Waals surface area contributed by atoms with Crippen LogP contribution in [0.5, 0.6) is 5.75 Å². The first-order valence-corrected chi connectivity index (χ1v) is 10.8. The SMILES string of the molecule is CC(=O)NC1(COc2ccc(C#N)c(F)c2)CN(S(=O)(=O)c2ccc(Cl)cc2Cl)C1. The fourth-order valence-corrected chi connectivity index (χ4v) is 5.46. The summed E-state index contributed by atoms with van der Waals surface area (Å²) in [4.78, 5) is 11.6. The third-order valence-electron chi connectivity index (χ3n) is 4.49. The Kier molecular flexibility index (Phi) is 6.24. The number of nitrogens with zero attached hydrogens (tertiary/aromatic N) is 2. The van der Waals surface area contributed by atoms with Gasteiger partial charge in [0.25, 0.3) is 0 Å². The highest BCUT2D eigenvalue weighted by Crippen LogP contribution is 2.33. The molecule has 0 saturated carbocycles. The average molecular weight is 472 g/mol. The minimum atomic E-state index is -3.92. The highest BCUT2D eigenvalue weighted by atomic mass is 35.5. The van der Waals surface area contributed by atoms with Crippen molar-refractivity contribution < 1.29 is 22.3 Å². The van der Waals surface area contributed by atoms with Gasteiger partial charge in [-0.05, 0) is 30.3 Å². The first-order valence-electron chi connectivity index (χ1n) is 8.63. The van der Waals surface area contributed by atoms with Gasteiger partial charge in [-0.15, -0.1) is 0 Å². The molecule has 1 N–H and O–H groups in total. The quantitative estimate of drug-likeness (QED) is 0.697. The Hall–Kier alpha value is -2.38. The first kappa shape index (κ1) is 22.3. The van der Waals surface area contributed by atoms with E-state index in [1.807, 2.05) is 0 Å². The van der Waals surface area contributed by atoms with Crippen LogP contribution in [0.1, 0.15) is 12.5 Å². The molecule has 1 fully saturated rings. The molecule has 1 aliphatic heterocycles. The highest BCUT2D eigenvalue weighted by molar-refractivity contribution is 7.89. The van der Waals surface area contributed by atoms with Gasteiger partial charge in [0.05, 0.1) is 10.6 Å². The van der Waals surface area contributed by atoms with Crippen LogP contribution >= 0.6 is 23.2 Å². The van der Waals surface area contributed by atoms with Crippen molar-refractivity contribution in [3.8, 4) is 11.8 Å². The number of rotatable bonds is 6. The summed E-state index contributed by atoms with van der Waals surface area (Å²) in [7, 11) is -3.92. The molecular weight excluding hydrogens is 456 g/mol. The zero-order valence-corrected chi connectivity index (χ0v) is 18.0. The third-order valence-corrected chi connectivity index (χ3v) is 7.00. The number of nitriles is 1. The van der Waals surface area contributed by atoms with Gasteiger partial charge in [-0.25, -0.2) is 12.8 Å². The maximum Gasteiger partial charge on any atom is 0.244 e. The van der Waals surface area contributed by atoms with E-state index in [9.17, 15) is 17.6 Å². The van der Waals surface area contributed by atoms with Crippen LogP contribution in [0, 0.1) is 17.1 Å². The van der Waals surface area contributed by atoms with Gasteiger partial charge in [-0.1, -0.05) is 23.2 Å². The van der Waals surface area contributed by atoms with Gasteiger partial charge >= 0.3 is 0 Å². The van der Waals surface area contributed by atoms with Crippen molar-refractivity contribution in [2.45, 2.75) is 17.4 Å². The molecule has 0 aliphatic carbocycles. The third kappa shape index (κ3) is 4.52. The van der Waals surface area contributed by atoms with Crippen molar-refractivity contribution in [2.75, 3.05) is 19.7 Å². The fourth-order valence-electron chi connectivity index (χ4n) is 3.10. The zero-order chi connectivity index (χ0) is 22.1. The molecule has 3 rings (SSSR count). The highest BCUT2D eigenvalue weighted by Gasteiger charge is 2.50. The molecule has 11 heteroatoms. The molecule has 7 nitrogen and oxygen atoms in total. The van der Waals surface area contributed by atoms with Crippen LogP contribution in [0.15, 0.2) is 41.3 Å². The van der Waals surface area contributed by atoms with Gasteiger partial charge < -0.3 is 10.1 Å². The van der Waals surface area contributed by atoms with E-state index in [2.05, 4.69) is 5.32 Å². The number of sulfonamides is 1. The largest absolute Gasteiger partial charge is 0.491 e. The minimum absolute atomic E-state index is 0.0103. The first-order chi connectivity index (χ1) is 14.1. The number of amides is 1. The molecule has 0 spiro atoms. The van der Waals surface area contributed by atoms with Crippen LogP contribution < -0.4 is 10.1 Å². The van der Waals surface area contributed by atoms with Crippen LogP contribution in [-0.2, 0) is 14.8 Å². The number of ether oxygens (including phenoxy) is 1. The van der Waals surface area contributed by atoms with Crippen LogP contribution in [0.4, 0.5) is 4.39 Å². The Morgan fingerprint density at radius 2 is 2.00 bits per heavy atom. The van der Waals surface area contributed by atoms with Gasteiger partial charge in [-0.2, -0.15) is 9.57 Å². The second kappa shape index (κ2) is 8.40. The van der Waals surface area contributed by atoms with Gasteiger partial charge in [-0.3, -0.25) is 4.79 Å². The molecule has 0 radical (unpaired) electrons. The summed E-state index contributed by atoms with van der Waals surface area (Å²) >= 11 is 11.9. The monoisotopic (exact) mass is 471 g/mol.